The first-order chi connectivity index (χ1) is 13.7. The second kappa shape index (κ2) is 16.8. The number of carbonyl (C=O) groups is 1. The number of hydrogen-bond donors (Lipinski definition) is 0. The van der Waals surface area contributed by atoms with Gasteiger partial charge in [-0.2, -0.15) is 0 Å². The van der Waals surface area contributed by atoms with Gasteiger partial charge in [-0.15, -0.1) is 0 Å². The van der Waals surface area contributed by atoms with E-state index in [1.807, 2.05) is 61.6 Å². The number of esters is 1. The van der Waals surface area contributed by atoms with E-state index >= 15 is 0 Å². The standard InChI is InChI=1S/C26H36O2/c1-3-4-5-6-7-8-9-10-11-12-13-14-15-16-20-23-26(27)28-24(2)25-21-18-17-19-22-25/h11-24H,3-10H2,1-2H3. The monoisotopic (exact) mass is 380 g/mol. The average Bonchev–Trinajstić information content (AvgIpc) is 2.71. The highest BCUT2D eigenvalue weighted by Gasteiger charge is 2.08. The topological polar surface area (TPSA) is 26.3 Å². The number of hydrogen-bond acceptors (Lipinski definition) is 2. The van der Waals surface area contributed by atoms with E-state index in [1.54, 1.807) is 6.08 Å². The zero-order chi connectivity index (χ0) is 20.3. The van der Waals surface area contributed by atoms with Crippen LogP contribution in [0.5, 0.6) is 0 Å². The molecular weight excluding hydrogens is 344 g/mol. The van der Waals surface area contributed by atoms with Gasteiger partial charge in [-0.1, -0.05) is 118 Å². The van der Waals surface area contributed by atoms with Crippen LogP contribution >= 0.6 is 0 Å². The van der Waals surface area contributed by atoms with Gasteiger partial charge in [0.2, 0.25) is 0 Å². The lowest BCUT2D eigenvalue weighted by Gasteiger charge is -2.11. The number of unbranched alkanes of at least 4 members (excludes halogenated alkanes) is 7. The predicted molar refractivity (Wildman–Crippen MR) is 120 cm³/mol. The fraction of sp³-hybridized carbons (Fsp3) is 0.423. The van der Waals surface area contributed by atoms with Gasteiger partial charge in [0.1, 0.15) is 6.10 Å². The molecule has 0 bridgehead atoms. The second-order valence-corrected chi connectivity index (χ2v) is 6.96. The molecule has 0 heterocycles. The van der Waals surface area contributed by atoms with Crippen molar-refractivity contribution in [3.8, 4) is 0 Å². The number of carbonyl (C=O) groups excluding carboxylic acids is 1. The summed E-state index contributed by atoms with van der Waals surface area (Å²) in [5.41, 5.74) is 0.992. The van der Waals surface area contributed by atoms with Crippen LogP contribution in [0.4, 0.5) is 0 Å². The molecule has 152 valence electrons. The molecule has 0 N–H and O–H groups in total. The highest BCUT2D eigenvalue weighted by atomic mass is 16.5. The average molecular weight is 381 g/mol. The Morgan fingerprint density at radius 3 is 2.18 bits per heavy atom. The van der Waals surface area contributed by atoms with Gasteiger partial charge in [0.15, 0.2) is 0 Å². The van der Waals surface area contributed by atoms with Crippen molar-refractivity contribution < 1.29 is 9.53 Å². The summed E-state index contributed by atoms with van der Waals surface area (Å²) in [6, 6.07) is 9.73. The molecule has 1 aromatic carbocycles. The molecular formula is C26H36O2. The van der Waals surface area contributed by atoms with Gasteiger partial charge in [0.25, 0.3) is 0 Å². The van der Waals surface area contributed by atoms with Crippen molar-refractivity contribution in [1.82, 2.24) is 0 Å². The first-order valence-electron chi connectivity index (χ1n) is 10.7. The lowest BCUT2D eigenvalue weighted by Crippen LogP contribution is -2.05. The third-order valence-electron chi connectivity index (χ3n) is 4.46. The summed E-state index contributed by atoms with van der Waals surface area (Å²) in [6.07, 6.45) is 25.5. The van der Waals surface area contributed by atoms with E-state index < -0.39 is 0 Å². The van der Waals surface area contributed by atoms with Crippen LogP contribution in [0.1, 0.15) is 76.9 Å². The summed E-state index contributed by atoms with van der Waals surface area (Å²) in [7, 11) is 0. The zero-order valence-electron chi connectivity index (χ0n) is 17.6. The van der Waals surface area contributed by atoms with Crippen LogP contribution in [-0.2, 0) is 9.53 Å². The van der Waals surface area contributed by atoms with Crippen molar-refractivity contribution >= 4 is 5.97 Å². The normalized spacial score (nSPS) is 13.2. The Bertz CT molecular complexity index is 623. The molecule has 0 radical (unpaired) electrons. The summed E-state index contributed by atoms with van der Waals surface area (Å²) in [5.74, 6) is -0.334. The summed E-state index contributed by atoms with van der Waals surface area (Å²) in [4.78, 5) is 11.8. The molecule has 0 saturated heterocycles. The quantitative estimate of drug-likeness (QED) is 0.143. The Hall–Kier alpha value is -2.35. The van der Waals surface area contributed by atoms with Crippen molar-refractivity contribution in [1.29, 1.82) is 0 Å². The third kappa shape index (κ3) is 12.9. The molecule has 0 fully saturated rings. The van der Waals surface area contributed by atoms with Crippen molar-refractivity contribution in [2.75, 3.05) is 0 Å². The van der Waals surface area contributed by atoms with E-state index in [4.69, 9.17) is 4.74 Å². The summed E-state index contributed by atoms with van der Waals surface area (Å²) < 4.78 is 5.37. The van der Waals surface area contributed by atoms with Gasteiger partial charge in [-0.25, -0.2) is 4.79 Å². The molecule has 2 heteroatoms. The lowest BCUT2D eigenvalue weighted by atomic mass is 10.1. The zero-order valence-corrected chi connectivity index (χ0v) is 17.6. The third-order valence-corrected chi connectivity index (χ3v) is 4.46. The Labute approximate surface area is 171 Å². The fourth-order valence-electron chi connectivity index (χ4n) is 2.79. The minimum atomic E-state index is -0.334. The van der Waals surface area contributed by atoms with Crippen LogP contribution in [0.2, 0.25) is 0 Å². The first-order valence-corrected chi connectivity index (χ1v) is 10.7. The van der Waals surface area contributed by atoms with Gasteiger partial charge in [-0.05, 0) is 25.3 Å². The molecule has 0 amide bonds. The van der Waals surface area contributed by atoms with E-state index in [9.17, 15) is 4.79 Å². The van der Waals surface area contributed by atoms with E-state index in [0.717, 1.165) is 12.0 Å². The predicted octanol–water partition coefficient (Wildman–Crippen LogP) is 7.66. The maximum Gasteiger partial charge on any atom is 0.331 e. The molecule has 0 saturated carbocycles. The van der Waals surface area contributed by atoms with Gasteiger partial charge < -0.3 is 4.74 Å². The van der Waals surface area contributed by atoms with Crippen LogP contribution in [0, 0.1) is 0 Å². The molecule has 0 aliphatic rings. The molecule has 0 aromatic heterocycles. The van der Waals surface area contributed by atoms with E-state index in [2.05, 4.69) is 19.1 Å². The van der Waals surface area contributed by atoms with Crippen LogP contribution < -0.4 is 0 Å². The van der Waals surface area contributed by atoms with Gasteiger partial charge in [-0.3, -0.25) is 0 Å². The van der Waals surface area contributed by atoms with E-state index in [1.165, 1.54) is 51.0 Å². The van der Waals surface area contributed by atoms with Gasteiger partial charge in [0, 0.05) is 6.08 Å². The fourth-order valence-corrected chi connectivity index (χ4v) is 2.79. The van der Waals surface area contributed by atoms with E-state index in [-0.39, 0.29) is 12.1 Å². The second-order valence-electron chi connectivity index (χ2n) is 6.96. The smallest absolute Gasteiger partial charge is 0.331 e. The highest BCUT2D eigenvalue weighted by molar-refractivity contribution is 5.82. The van der Waals surface area contributed by atoms with Crippen molar-refractivity contribution in [2.24, 2.45) is 0 Å². The molecule has 28 heavy (non-hydrogen) atoms. The SMILES string of the molecule is CCCCCCCCCC=CC=CC=CC=CC(=O)OC(C)c1ccccc1. The highest BCUT2D eigenvalue weighted by Crippen LogP contribution is 2.16. The van der Waals surface area contributed by atoms with Crippen LogP contribution in [-0.4, -0.2) is 5.97 Å². The molecule has 0 spiro atoms. The first kappa shape index (κ1) is 23.7. The van der Waals surface area contributed by atoms with Crippen molar-refractivity contribution in [3.05, 3.63) is 84.5 Å². The molecule has 1 aromatic rings. The Balaban J connectivity index is 2.10. The molecule has 0 aliphatic heterocycles. The maximum atomic E-state index is 11.8. The minimum Gasteiger partial charge on any atom is -0.455 e. The van der Waals surface area contributed by atoms with Gasteiger partial charge in [0.05, 0.1) is 0 Å². The summed E-state index contributed by atoms with van der Waals surface area (Å²) in [6.45, 7) is 4.13. The Morgan fingerprint density at radius 2 is 1.46 bits per heavy atom. The molecule has 1 unspecified atom stereocenters. The molecule has 2 nitrogen and oxygen atoms in total. The maximum absolute atomic E-state index is 11.8. The van der Waals surface area contributed by atoms with Gasteiger partial charge >= 0.3 is 5.97 Å². The number of allylic oxidation sites excluding steroid dienone is 7. The number of benzene rings is 1. The molecule has 0 aliphatic carbocycles. The van der Waals surface area contributed by atoms with Crippen LogP contribution in [0.25, 0.3) is 0 Å². The van der Waals surface area contributed by atoms with Crippen LogP contribution in [0.15, 0.2) is 78.9 Å². The van der Waals surface area contributed by atoms with E-state index in [0.29, 0.717) is 0 Å². The van der Waals surface area contributed by atoms with Crippen LogP contribution in [0.3, 0.4) is 0 Å². The largest absolute Gasteiger partial charge is 0.455 e. The number of rotatable bonds is 14. The molecule has 1 rings (SSSR count). The van der Waals surface area contributed by atoms with Crippen molar-refractivity contribution in [3.63, 3.8) is 0 Å². The van der Waals surface area contributed by atoms with Crippen molar-refractivity contribution in [2.45, 2.75) is 71.3 Å². The minimum absolute atomic E-state index is 0.247. The number of ether oxygens (including phenoxy) is 1. The lowest BCUT2D eigenvalue weighted by molar-refractivity contribution is -0.142. The Kier molecular flexibility index (Phi) is 14.2. The molecule has 1 atom stereocenters. The summed E-state index contributed by atoms with van der Waals surface area (Å²) >= 11 is 0. The Morgan fingerprint density at radius 1 is 0.857 bits per heavy atom. The summed E-state index contributed by atoms with van der Waals surface area (Å²) in [5, 5.41) is 0.